The van der Waals surface area contributed by atoms with E-state index in [0.29, 0.717) is 19.4 Å². The van der Waals surface area contributed by atoms with Crippen molar-refractivity contribution in [2.75, 3.05) is 6.54 Å². The molecule has 0 saturated carbocycles. The first kappa shape index (κ1) is 14.2. The number of aryl methyl sites for hydroxylation is 1. The Balaban J connectivity index is 1.59. The molecule has 0 fully saturated rings. The van der Waals surface area contributed by atoms with Gasteiger partial charge in [-0.3, -0.25) is 4.79 Å². The molecule has 1 heterocycles. The van der Waals surface area contributed by atoms with E-state index >= 15 is 0 Å². The van der Waals surface area contributed by atoms with Crippen LogP contribution in [0.25, 0.3) is 0 Å². The van der Waals surface area contributed by atoms with Crippen molar-refractivity contribution in [2.24, 2.45) is 0 Å². The third-order valence-corrected chi connectivity index (χ3v) is 3.02. The lowest BCUT2D eigenvalue weighted by molar-refractivity contribution is -0.121. The lowest BCUT2D eigenvalue weighted by Crippen LogP contribution is -2.25. The number of imidazole rings is 1. The molecular formula is C15H18FN3O. The molecule has 2 rings (SSSR count). The molecule has 4 nitrogen and oxygen atoms in total. The topological polar surface area (TPSA) is 57.8 Å². The molecule has 0 aliphatic rings. The average Bonchev–Trinajstić information content (AvgIpc) is 2.94. The van der Waals surface area contributed by atoms with E-state index < -0.39 is 0 Å². The second-order valence-electron chi connectivity index (χ2n) is 4.62. The van der Waals surface area contributed by atoms with Gasteiger partial charge in [-0.25, -0.2) is 9.37 Å². The number of H-pyrrole nitrogens is 1. The molecule has 2 N–H and O–H groups in total. The summed E-state index contributed by atoms with van der Waals surface area (Å²) in [5.41, 5.74) is 1.05. The normalized spacial score (nSPS) is 10.4. The Morgan fingerprint density at radius 2 is 2.05 bits per heavy atom. The van der Waals surface area contributed by atoms with E-state index in [-0.39, 0.29) is 11.7 Å². The fourth-order valence-electron chi connectivity index (χ4n) is 1.95. The van der Waals surface area contributed by atoms with Crippen LogP contribution in [0.15, 0.2) is 36.7 Å². The summed E-state index contributed by atoms with van der Waals surface area (Å²) in [5, 5.41) is 2.86. The quantitative estimate of drug-likeness (QED) is 0.814. The molecule has 0 radical (unpaired) electrons. The molecule has 106 valence electrons. The number of amides is 1. The number of hydrogen-bond donors (Lipinski definition) is 2. The average molecular weight is 275 g/mol. The van der Waals surface area contributed by atoms with Gasteiger partial charge in [0.05, 0.1) is 0 Å². The van der Waals surface area contributed by atoms with E-state index in [1.807, 2.05) is 0 Å². The number of aromatic nitrogens is 2. The largest absolute Gasteiger partial charge is 0.356 e. The number of nitrogens with one attached hydrogen (secondary N) is 2. The lowest BCUT2D eigenvalue weighted by atomic mass is 10.1. The summed E-state index contributed by atoms with van der Waals surface area (Å²) in [6, 6.07) is 6.39. The zero-order valence-corrected chi connectivity index (χ0v) is 11.2. The summed E-state index contributed by atoms with van der Waals surface area (Å²) < 4.78 is 12.7. The molecule has 1 aromatic heterocycles. The van der Waals surface area contributed by atoms with Gasteiger partial charge in [0.2, 0.25) is 5.91 Å². The predicted octanol–water partition coefficient (Wildman–Crippen LogP) is 2.23. The van der Waals surface area contributed by atoms with Crippen LogP contribution in [0, 0.1) is 5.82 Å². The van der Waals surface area contributed by atoms with Crippen molar-refractivity contribution in [2.45, 2.75) is 25.7 Å². The molecule has 0 atom stereocenters. The molecule has 0 aliphatic heterocycles. The fraction of sp³-hybridized carbons (Fsp3) is 0.333. The highest BCUT2D eigenvalue weighted by Crippen LogP contribution is 2.06. The summed E-state index contributed by atoms with van der Waals surface area (Å²) in [6.45, 7) is 0.586. The Kier molecular flexibility index (Phi) is 5.29. The van der Waals surface area contributed by atoms with Crippen molar-refractivity contribution >= 4 is 5.91 Å². The first-order chi connectivity index (χ1) is 9.74. The zero-order chi connectivity index (χ0) is 14.2. The summed E-state index contributed by atoms with van der Waals surface area (Å²) in [4.78, 5) is 18.7. The first-order valence-corrected chi connectivity index (χ1v) is 6.73. The van der Waals surface area contributed by atoms with Crippen LogP contribution in [0.2, 0.25) is 0 Å². The Morgan fingerprint density at radius 1 is 1.25 bits per heavy atom. The highest BCUT2D eigenvalue weighted by Gasteiger charge is 2.02. The van der Waals surface area contributed by atoms with Crippen molar-refractivity contribution in [3.05, 3.63) is 53.9 Å². The smallest absolute Gasteiger partial charge is 0.220 e. The number of carbonyl (C=O) groups is 1. The van der Waals surface area contributed by atoms with Crippen molar-refractivity contribution in [3.8, 4) is 0 Å². The van der Waals surface area contributed by atoms with Gasteiger partial charge in [0, 0.05) is 31.8 Å². The maximum atomic E-state index is 12.7. The van der Waals surface area contributed by atoms with E-state index in [2.05, 4.69) is 15.3 Å². The van der Waals surface area contributed by atoms with E-state index in [1.165, 1.54) is 12.1 Å². The van der Waals surface area contributed by atoms with Crippen molar-refractivity contribution < 1.29 is 9.18 Å². The Morgan fingerprint density at radius 3 is 2.75 bits per heavy atom. The number of hydrogen-bond acceptors (Lipinski definition) is 2. The summed E-state index contributed by atoms with van der Waals surface area (Å²) in [5.74, 6) is 0.680. The van der Waals surface area contributed by atoms with E-state index in [4.69, 9.17) is 0 Å². The minimum atomic E-state index is -0.232. The van der Waals surface area contributed by atoms with Crippen molar-refractivity contribution in [1.82, 2.24) is 15.3 Å². The van der Waals surface area contributed by atoms with Crippen LogP contribution in [-0.2, 0) is 17.6 Å². The van der Waals surface area contributed by atoms with Gasteiger partial charge in [-0.1, -0.05) is 12.1 Å². The van der Waals surface area contributed by atoms with E-state index in [1.54, 1.807) is 24.5 Å². The molecular weight excluding hydrogens is 257 g/mol. The van der Waals surface area contributed by atoms with Gasteiger partial charge in [0.1, 0.15) is 11.6 Å². The van der Waals surface area contributed by atoms with E-state index in [0.717, 1.165) is 24.2 Å². The third kappa shape index (κ3) is 4.84. The number of nitrogens with zero attached hydrogens (tertiary/aromatic N) is 1. The summed E-state index contributed by atoms with van der Waals surface area (Å²) in [7, 11) is 0. The molecule has 2 aromatic rings. The Hall–Kier alpha value is -2.17. The molecule has 20 heavy (non-hydrogen) atoms. The fourth-order valence-corrected chi connectivity index (χ4v) is 1.95. The number of benzene rings is 1. The lowest BCUT2D eigenvalue weighted by Gasteiger charge is -2.04. The first-order valence-electron chi connectivity index (χ1n) is 6.73. The van der Waals surface area contributed by atoms with Crippen LogP contribution in [-0.4, -0.2) is 22.4 Å². The molecule has 0 bridgehead atoms. The second-order valence-corrected chi connectivity index (χ2v) is 4.62. The minimum absolute atomic E-state index is 0.0404. The van der Waals surface area contributed by atoms with Crippen molar-refractivity contribution in [3.63, 3.8) is 0 Å². The van der Waals surface area contributed by atoms with Gasteiger partial charge >= 0.3 is 0 Å². The van der Waals surface area contributed by atoms with Gasteiger partial charge in [-0.05, 0) is 30.5 Å². The van der Waals surface area contributed by atoms with Crippen molar-refractivity contribution in [1.29, 1.82) is 0 Å². The van der Waals surface area contributed by atoms with Crippen LogP contribution in [0.1, 0.15) is 24.2 Å². The number of carbonyl (C=O) groups excluding carboxylic acids is 1. The van der Waals surface area contributed by atoms with Gasteiger partial charge in [0.25, 0.3) is 0 Å². The van der Waals surface area contributed by atoms with Crippen LogP contribution in [0.4, 0.5) is 4.39 Å². The van der Waals surface area contributed by atoms with Crippen LogP contribution in [0.5, 0.6) is 0 Å². The summed E-state index contributed by atoms with van der Waals surface area (Å²) >= 11 is 0. The molecule has 0 unspecified atom stereocenters. The van der Waals surface area contributed by atoms with E-state index in [9.17, 15) is 9.18 Å². The SMILES string of the molecule is O=C(CCCc1ccc(F)cc1)NCCc1ncc[nH]1. The standard InChI is InChI=1S/C15H18FN3O/c16-13-6-4-12(5-7-13)2-1-3-15(20)19-9-8-14-17-10-11-18-14/h4-7,10-11H,1-3,8-9H2,(H,17,18)(H,19,20). The molecule has 5 heteroatoms. The molecule has 0 aliphatic carbocycles. The number of halogens is 1. The van der Waals surface area contributed by atoms with Gasteiger partial charge in [0.15, 0.2) is 0 Å². The maximum Gasteiger partial charge on any atom is 0.220 e. The summed E-state index contributed by atoms with van der Waals surface area (Å²) in [6.07, 6.45) is 6.19. The zero-order valence-electron chi connectivity index (χ0n) is 11.2. The predicted molar refractivity (Wildman–Crippen MR) is 74.6 cm³/mol. The van der Waals surface area contributed by atoms with Crippen LogP contribution in [0.3, 0.4) is 0 Å². The monoisotopic (exact) mass is 275 g/mol. The third-order valence-electron chi connectivity index (χ3n) is 3.02. The van der Waals surface area contributed by atoms with Gasteiger partial charge in [-0.2, -0.15) is 0 Å². The second kappa shape index (κ2) is 7.43. The molecule has 0 saturated heterocycles. The van der Waals surface area contributed by atoms with Gasteiger partial charge < -0.3 is 10.3 Å². The Labute approximate surface area is 117 Å². The Bertz CT molecular complexity index is 523. The van der Waals surface area contributed by atoms with Gasteiger partial charge in [-0.15, -0.1) is 0 Å². The number of rotatable bonds is 7. The molecule has 0 spiro atoms. The number of aromatic amines is 1. The van der Waals surface area contributed by atoms with Crippen LogP contribution >= 0.6 is 0 Å². The minimum Gasteiger partial charge on any atom is -0.356 e. The van der Waals surface area contributed by atoms with Crippen LogP contribution < -0.4 is 5.32 Å². The highest BCUT2D eigenvalue weighted by atomic mass is 19.1. The molecule has 1 aromatic carbocycles. The molecule has 1 amide bonds. The highest BCUT2D eigenvalue weighted by molar-refractivity contribution is 5.75. The maximum absolute atomic E-state index is 12.7.